The minimum absolute atomic E-state index is 0.0259. The fraction of sp³-hybridized carbons (Fsp3) is 0.400. The number of nitrogens with two attached hydrogens (primary N) is 2. The third-order valence-electron chi connectivity index (χ3n) is 3.49. The van der Waals surface area contributed by atoms with Gasteiger partial charge in [0, 0.05) is 29.8 Å². The predicted molar refractivity (Wildman–Crippen MR) is 86.8 cm³/mol. The van der Waals surface area contributed by atoms with Gasteiger partial charge in [0.1, 0.15) is 6.61 Å². The zero-order valence-corrected chi connectivity index (χ0v) is 13.4. The molecule has 0 aliphatic carbocycles. The minimum Gasteiger partial charge on any atom is -0.395 e. The summed E-state index contributed by atoms with van der Waals surface area (Å²) in [6.45, 7) is -2.11. The van der Waals surface area contributed by atoms with Gasteiger partial charge in [0.05, 0.1) is 19.3 Å². The van der Waals surface area contributed by atoms with Crippen molar-refractivity contribution in [3.63, 3.8) is 0 Å². The van der Waals surface area contributed by atoms with Crippen molar-refractivity contribution in [2.24, 2.45) is 11.5 Å². The molecule has 1 unspecified atom stereocenters. The first kappa shape index (κ1) is 20.5. The Kier molecular flexibility index (Phi) is 7.45. The maximum atomic E-state index is 11.8. The molecule has 3 amide bonds. The number of aliphatic hydroxyl groups excluding tert-OH is 4. The van der Waals surface area contributed by atoms with E-state index in [4.69, 9.17) is 26.8 Å². The van der Waals surface area contributed by atoms with E-state index in [9.17, 15) is 19.5 Å². The molecule has 0 heterocycles. The number of hydrogen-bond donors (Lipinski definition) is 6. The topological polar surface area (TPSA) is 187 Å². The van der Waals surface area contributed by atoms with Crippen LogP contribution in [0.5, 0.6) is 0 Å². The maximum absolute atomic E-state index is 11.8. The smallest absolute Gasteiger partial charge is 0.252 e. The minimum atomic E-state index is -1.25. The molecule has 1 rings (SSSR count). The van der Waals surface area contributed by atoms with E-state index in [2.05, 4.69) is 0 Å². The van der Waals surface area contributed by atoms with Gasteiger partial charge in [-0.2, -0.15) is 0 Å². The van der Waals surface area contributed by atoms with Crippen LogP contribution in [0.1, 0.15) is 26.3 Å². The molecule has 0 saturated heterocycles. The number of hydrogen-bond acceptors (Lipinski definition) is 7. The van der Waals surface area contributed by atoms with Gasteiger partial charge in [-0.15, -0.1) is 0 Å². The van der Waals surface area contributed by atoms with Gasteiger partial charge in [0.2, 0.25) is 11.8 Å². The number of anilines is 1. The van der Waals surface area contributed by atoms with Gasteiger partial charge in [-0.1, -0.05) is 0 Å². The van der Waals surface area contributed by atoms with Crippen molar-refractivity contribution in [3.05, 3.63) is 28.8 Å². The van der Waals surface area contributed by atoms with Gasteiger partial charge in [-0.05, 0) is 17.7 Å². The van der Waals surface area contributed by atoms with E-state index in [1.54, 1.807) is 0 Å². The molecule has 0 aliphatic heterocycles. The first-order chi connectivity index (χ1) is 11.8. The summed E-state index contributed by atoms with van der Waals surface area (Å²) in [5.41, 5.74) is 10.3. The van der Waals surface area contributed by atoms with Crippen molar-refractivity contribution < 1.29 is 34.8 Å². The number of rotatable bonds is 9. The highest BCUT2D eigenvalue weighted by atomic mass is 16.3. The fourth-order valence-corrected chi connectivity index (χ4v) is 2.36. The van der Waals surface area contributed by atoms with Crippen molar-refractivity contribution in [2.45, 2.75) is 12.5 Å². The third kappa shape index (κ3) is 4.97. The van der Waals surface area contributed by atoms with Crippen LogP contribution in [0.15, 0.2) is 12.1 Å². The Morgan fingerprint density at radius 1 is 1.04 bits per heavy atom. The standard InChI is InChI=1S/C15H21N3O7/c16-14(24)11-3-8(18(1-2-19)13(23)7-21)4-12(15(17)25)10(11)5-9(22)6-20/h3-4,9,19-22H,1-2,5-7H2,(H2,16,24)(H2,17,25). The summed E-state index contributed by atoms with van der Waals surface area (Å²) in [7, 11) is 0. The number of aliphatic hydroxyl groups is 4. The van der Waals surface area contributed by atoms with Crippen molar-refractivity contribution in [2.75, 3.05) is 31.3 Å². The number of amides is 3. The number of carbonyl (C=O) groups excluding carboxylic acids is 3. The summed E-state index contributed by atoms with van der Waals surface area (Å²) in [5.74, 6) is -2.65. The van der Waals surface area contributed by atoms with E-state index in [1.807, 2.05) is 0 Å². The third-order valence-corrected chi connectivity index (χ3v) is 3.49. The summed E-state index contributed by atoms with van der Waals surface area (Å²) in [4.78, 5) is 36.3. The van der Waals surface area contributed by atoms with Gasteiger partial charge >= 0.3 is 0 Å². The van der Waals surface area contributed by atoms with E-state index < -0.39 is 43.6 Å². The predicted octanol–water partition coefficient (Wildman–Crippen LogP) is -2.90. The van der Waals surface area contributed by atoms with Crippen LogP contribution < -0.4 is 16.4 Å². The Morgan fingerprint density at radius 2 is 1.56 bits per heavy atom. The first-order valence-electron chi connectivity index (χ1n) is 7.34. The maximum Gasteiger partial charge on any atom is 0.252 e. The normalized spacial score (nSPS) is 11.8. The van der Waals surface area contributed by atoms with E-state index in [0.29, 0.717) is 0 Å². The lowest BCUT2D eigenvalue weighted by Gasteiger charge is -2.24. The summed E-state index contributed by atoms with van der Waals surface area (Å²) < 4.78 is 0. The molecule has 25 heavy (non-hydrogen) atoms. The molecule has 0 aliphatic rings. The van der Waals surface area contributed by atoms with E-state index in [-0.39, 0.29) is 35.3 Å². The molecule has 0 aromatic heterocycles. The highest BCUT2D eigenvalue weighted by molar-refractivity contribution is 6.04. The molecular weight excluding hydrogens is 334 g/mol. The average Bonchev–Trinajstić information content (AvgIpc) is 2.58. The van der Waals surface area contributed by atoms with Gasteiger partial charge < -0.3 is 36.8 Å². The molecular formula is C15H21N3O7. The van der Waals surface area contributed by atoms with Gasteiger partial charge in [0.15, 0.2) is 0 Å². The van der Waals surface area contributed by atoms with Crippen LogP contribution in [0.25, 0.3) is 0 Å². The Hall–Kier alpha value is -2.53. The van der Waals surface area contributed by atoms with Crippen LogP contribution >= 0.6 is 0 Å². The number of carbonyl (C=O) groups is 3. The largest absolute Gasteiger partial charge is 0.395 e. The Morgan fingerprint density at radius 3 is 1.92 bits per heavy atom. The first-order valence-corrected chi connectivity index (χ1v) is 7.34. The van der Waals surface area contributed by atoms with Crippen molar-refractivity contribution in [1.82, 2.24) is 0 Å². The molecule has 0 fully saturated rings. The average molecular weight is 355 g/mol. The van der Waals surface area contributed by atoms with Crippen LogP contribution in [-0.4, -0.2) is 70.6 Å². The highest BCUT2D eigenvalue weighted by Crippen LogP contribution is 2.25. The SMILES string of the molecule is NC(=O)c1cc(N(CCO)C(=O)CO)cc(C(N)=O)c1CC(O)CO. The molecule has 0 spiro atoms. The lowest BCUT2D eigenvalue weighted by Crippen LogP contribution is -2.36. The van der Waals surface area contributed by atoms with Crippen LogP contribution in [0.2, 0.25) is 0 Å². The van der Waals surface area contributed by atoms with E-state index in [1.165, 1.54) is 12.1 Å². The Labute approximate surface area is 143 Å². The number of primary amides is 2. The molecule has 1 aromatic carbocycles. The molecule has 0 saturated carbocycles. The molecule has 1 aromatic rings. The fourth-order valence-electron chi connectivity index (χ4n) is 2.36. The second-order valence-electron chi connectivity index (χ2n) is 5.22. The zero-order chi connectivity index (χ0) is 19.1. The lowest BCUT2D eigenvalue weighted by atomic mass is 9.93. The van der Waals surface area contributed by atoms with Crippen LogP contribution in [0.3, 0.4) is 0 Å². The second kappa shape index (κ2) is 9.08. The van der Waals surface area contributed by atoms with Gasteiger partial charge in [-0.25, -0.2) is 0 Å². The Bertz CT molecular complexity index is 628. The quantitative estimate of drug-likeness (QED) is 0.274. The number of benzene rings is 1. The summed E-state index contributed by atoms with van der Waals surface area (Å²) >= 11 is 0. The molecule has 0 radical (unpaired) electrons. The molecule has 0 bridgehead atoms. The molecule has 138 valence electrons. The zero-order valence-electron chi connectivity index (χ0n) is 13.4. The molecule has 1 atom stereocenters. The second-order valence-corrected chi connectivity index (χ2v) is 5.22. The molecule has 10 heteroatoms. The van der Waals surface area contributed by atoms with Crippen molar-refractivity contribution in [1.29, 1.82) is 0 Å². The highest BCUT2D eigenvalue weighted by Gasteiger charge is 2.24. The van der Waals surface area contributed by atoms with Crippen LogP contribution in [-0.2, 0) is 11.2 Å². The molecule has 10 nitrogen and oxygen atoms in total. The van der Waals surface area contributed by atoms with E-state index >= 15 is 0 Å². The van der Waals surface area contributed by atoms with E-state index in [0.717, 1.165) is 4.90 Å². The van der Waals surface area contributed by atoms with Gasteiger partial charge in [-0.3, -0.25) is 14.4 Å². The summed E-state index contributed by atoms with van der Waals surface area (Å²) in [5, 5.41) is 36.7. The lowest BCUT2D eigenvalue weighted by molar-refractivity contribution is -0.121. The van der Waals surface area contributed by atoms with Gasteiger partial charge in [0.25, 0.3) is 5.91 Å². The summed E-state index contributed by atoms with van der Waals surface area (Å²) in [6.07, 6.45) is -1.52. The van der Waals surface area contributed by atoms with Crippen LogP contribution in [0.4, 0.5) is 5.69 Å². The van der Waals surface area contributed by atoms with Crippen LogP contribution in [0, 0.1) is 0 Å². The number of nitrogens with zero attached hydrogens (tertiary/aromatic N) is 1. The van der Waals surface area contributed by atoms with Crippen molar-refractivity contribution >= 4 is 23.4 Å². The summed E-state index contributed by atoms with van der Waals surface area (Å²) in [6, 6.07) is 2.38. The Balaban J connectivity index is 3.60. The van der Waals surface area contributed by atoms with Crippen molar-refractivity contribution in [3.8, 4) is 0 Å². The monoisotopic (exact) mass is 355 g/mol. The molecule has 8 N–H and O–H groups in total.